The summed E-state index contributed by atoms with van der Waals surface area (Å²) in [4.78, 5) is 21.8. The van der Waals surface area contributed by atoms with Gasteiger partial charge in [-0.15, -0.1) is 0 Å². The van der Waals surface area contributed by atoms with Crippen molar-refractivity contribution in [2.24, 2.45) is 0 Å². The van der Waals surface area contributed by atoms with E-state index in [-0.39, 0.29) is 18.4 Å². The topological polar surface area (TPSA) is 87.1 Å². The summed E-state index contributed by atoms with van der Waals surface area (Å²) in [5.41, 5.74) is 2.08. The van der Waals surface area contributed by atoms with Gasteiger partial charge in [0.15, 0.2) is 5.82 Å². The predicted octanol–water partition coefficient (Wildman–Crippen LogP) is 3.66. The number of rotatable bonds is 4. The molecule has 2 amide bonds. The van der Waals surface area contributed by atoms with Crippen LogP contribution >= 0.6 is 0 Å². The van der Waals surface area contributed by atoms with Crippen LogP contribution in [0.3, 0.4) is 0 Å². The van der Waals surface area contributed by atoms with Gasteiger partial charge in [0.25, 0.3) is 0 Å². The lowest BCUT2D eigenvalue weighted by Gasteiger charge is -2.31. The first-order valence-electron chi connectivity index (χ1n) is 9.79. The number of benzene rings is 1. The number of hydrogen-bond acceptors (Lipinski definition) is 4. The molecule has 2 aromatic heterocycles. The maximum absolute atomic E-state index is 13.6. The molecule has 2 N–H and O–H groups in total. The molecule has 1 aliphatic carbocycles. The van der Waals surface area contributed by atoms with Crippen molar-refractivity contribution in [2.45, 2.75) is 44.1 Å². The molecule has 0 unspecified atom stereocenters. The highest BCUT2D eigenvalue weighted by atomic mass is 19.1. The smallest absolute Gasteiger partial charge is 0.317 e. The van der Waals surface area contributed by atoms with E-state index in [4.69, 9.17) is 4.52 Å². The molecule has 0 bridgehead atoms. The highest BCUT2D eigenvalue weighted by Crippen LogP contribution is 2.38. The largest absolute Gasteiger partial charge is 0.361 e. The van der Waals surface area contributed by atoms with Gasteiger partial charge >= 0.3 is 6.03 Å². The molecule has 28 heavy (non-hydrogen) atoms. The number of aromatic nitrogens is 3. The van der Waals surface area contributed by atoms with Crippen molar-refractivity contribution in [1.29, 1.82) is 0 Å². The summed E-state index contributed by atoms with van der Waals surface area (Å²) in [5, 5.41) is 7.73. The number of fused-ring (bicyclic) bond motifs is 1. The van der Waals surface area contributed by atoms with E-state index in [1.165, 1.54) is 6.07 Å². The fraction of sp³-hybridized carbons (Fsp3) is 0.450. The molecule has 0 atom stereocenters. The fourth-order valence-electron chi connectivity index (χ4n) is 3.95. The fourth-order valence-corrected chi connectivity index (χ4v) is 3.95. The van der Waals surface area contributed by atoms with Gasteiger partial charge in [-0.3, -0.25) is 0 Å². The molecular weight excluding hydrogens is 361 g/mol. The lowest BCUT2D eigenvalue weighted by atomic mass is 9.89. The Balaban J connectivity index is 1.16. The summed E-state index contributed by atoms with van der Waals surface area (Å²) in [6.07, 6.45) is 5.88. The number of nitrogens with zero attached hydrogens (tertiary/aromatic N) is 3. The van der Waals surface area contributed by atoms with Gasteiger partial charge in [0.05, 0.1) is 6.54 Å². The van der Waals surface area contributed by atoms with Crippen LogP contribution in [0.2, 0.25) is 0 Å². The lowest BCUT2D eigenvalue weighted by molar-refractivity contribution is 0.181. The number of carbonyl (C=O) groups is 1. The Morgan fingerprint density at radius 2 is 2.07 bits per heavy atom. The molecule has 1 aromatic carbocycles. The Hall–Kier alpha value is -2.90. The molecule has 1 saturated carbocycles. The lowest BCUT2D eigenvalue weighted by Crippen LogP contribution is -2.43. The summed E-state index contributed by atoms with van der Waals surface area (Å²) in [6.45, 7) is 1.60. The zero-order chi connectivity index (χ0) is 19.1. The molecule has 2 aliphatic rings. The number of carbonyl (C=O) groups excluding carboxylic acids is 1. The number of H-pyrrole nitrogens is 1. The first-order valence-corrected chi connectivity index (χ1v) is 9.79. The summed E-state index contributed by atoms with van der Waals surface area (Å²) >= 11 is 0. The highest BCUT2D eigenvalue weighted by Gasteiger charge is 2.30. The second-order valence-electron chi connectivity index (χ2n) is 7.68. The number of nitrogens with one attached hydrogen (secondary N) is 2. The van der Waals surface area contributed by atoms with E-state index in [1.54, 1.807) is 12.1 Å². The van der Waals surface area contributed by atoms with E-state index in [0.29, 0.717) is 36.6 Å². The minimum absolute atomic E-state index is 0.110. The van der Waals surface area contributed by atoms with Gasteiger partial charge in [0, 0.05) is 36.1 Å². The standard InChI is InChI=1S/C20H22FN5O2/c21-14-3-4-17-15(9-14)16(10-22-17)12-5-7-26(8-6-12)20(27)23-11-18-24-19(28-25-18)13-1-2-13/h3-4,9-10,12-13,22H,1-2,5-8,11H2,(H,23,27). The van der Waals surface area contributed by atoms with Crippen LogP contribution in [0.25, 0.3) is 10.9 Å². The number of hydrogen-bond donors (Lipinski definition) is 2. The predicted molar refractivity (Wildman–Crippen MR) is 100 cm³/mol. The summed E-state index contributed by atoms with van der Waals surface area (Å²) in [5.74, 6) is 1.70. The average Bonchev–Trinajstić information content (AvgIpc) is 3.31. The molecule has 8 heteroatoms. The zero-order valence-electron chi connectivity index (χ0n) is 15.4. The minimum atomic E-state index is -0.225. The summed E-state index contributed by atoms with van der Waals surface area (Å²) < 4.78 is 18.8. The van der Waals surface area contributed by atoms with Crippen molar-refractivity contribution < 1.29 is 13.7 Å². The molecule has 5 rings (SSSR count). The first-order chi connectivity index (χ1) is 13.7. The van der Waals surface area contributed by atoms with Crippen LogP contribution in [0.4, 0.5) is 9.18 Å². The molecule has 0 spiro atoms. The maximum atomic E-state index is 13.6. The quantitative estimate of drug-likeness (QED) is 0.720. The Morgan fingerprint density at radius 1 is 1.25 bits per heavy atom. The average molecular weight is 383 g/mol. The number of halogens is 1. The van der Waals surface area contributed by atoms with Crippen molar-refractivity contribution in [3.05, 3.63) is 47.5 Å². The molecular formula is C20H22FN5O2. The molecule has 3 heterocycles. The van der Waals surface area contributed by atoms with Crippen molar-refractivity contribution in [1.82, 2.24) is 25.3 Å². The van der Waals surface area contributed by atoms with Crippen LogP contribution in [0, 0.1) is 5.82 Å². The van der Waals surface area contributed by atoms with Crippen LogP contribution in [-0.4, -0.2) is 39.1 Å². The normalized spacial score (nSPS) is 18.0. The van der Waals surface area contributed by atoms with Crippen LogP contribution in [-0.2, 0) is 6.54 Å². The molecule has 146 valence electrons. The number of aromatic amines is 1. The molecule has 1 saturated heterocycles. The molecule has 7 nitrogen and oxygen atoms in total. The van der Waals surface area contributed by atoms with E-state index < -0.39 is 0 Å². The van der Waals surface area contributed by atoms with Gasteiger partial charge in [-0.05, 0) is 55.4 Å². The summed E-state index contributed by atoms with van der Waals surface area (Å²) in [6, 6.07) is 4.71. The maximum Gasteiger partial charge on any atom is 0.317 e. The third-order valence-corrected chi connectivity index (χ3v) is 5.71. The van der Waals surface area contributed by atoms with Gasteiger partial charge in [0.2, 0.25) is 5.89 Å². The number of amides is 2. The van der Waals surface area contributed by atoms with E-state index in [9.17, 15) is 9.18 Å². The number of likely N-dealkylation sites (tertiary alicyclic amines) is 1. The van der Waals surface area contributed by atoms with Gasteiger partial charge in [0.1, 0.15) is 5.82 Å². The Kier molecular flexibility index (Phi) is 4.26. The van der Waals surface area contributed by atoms with Gasteiger partial charge in [-0.2, -0.15) is 4.98 Å². The van der Waals surface area contributed by atoms with Crippen molar-refractivity contribution >= 4 is 16.9 Å². The van der Waals surface area contributed by atoms with Gasteiger partial charge in [-0.1, -0.05) is 5.16 Å². The Labute approximate surface area is 161 Å². The van der Waals surface area contributed by atoms with Crippen molar-refractivity contribution in [3.63, 3.8) is 0 Å². The third-order valence-electron chi connectivity index (χ3n) is 5.71. The second kappa shape index (κ2) is 6.92. The van der Waals surface area contributed by atoms with Crippen LogP contribution in [0.5, 0.6) is 0 Å². The monoisotopic (exact) mass is 383 g/mol. The first kappa shape index (κ1) is 17.2. The summed E-state index contributed by atoms with van der Waals surface area (Å²) in [7, 11) is 0. The van der Waals surface area contributed by atoms with Crippen molar-refractivity contribution in [2.75, 3.05) is 13.1 Å². The SMILES string of the molecule is O=C(NCc1noc(C2CC2)n1)N1CCC(c2c[nH]c3ccc(F)cc23)CC1. The zero-order valence-corrected chi connectivity index (χ0v) is 15.4. The highest BCUT2D eigenvalue weighted by molar-refractivity contribution is 5.84. The number of piperidine rings is 1. The van der Waals surface area contributed by atoms with Crippen LogP contribution < -0.4 is 5.32 Å². The van der Waals surface area contributed by atoms with E-state index in [0.717, 1.165) is 42.1 Å². The minimum Gasteiger partial charge on any atom is -0.361 e. The number of urea groups is 1. The molecule has 2 fully saturated rings. The van der Waals surface area contributed by atoms with Crippen LogP contribution in [0.15, 0.2) is 28.9 Å². The molecule has 1 aliphatic heterocycles. The van der Waals surface area contributed by atoms with Gasteiger partial charge < -0.3 is 19.7 Å². The molecule has 0 radical (unpaired) electrons. The second-order valence-corrected chi connectivity index (χ2v) is 7.68. The van der Waals surface area contributed by atoms with Crippen LogP contribution in [0.1, 0.15) is 54.8 Å². The van der Waals surface area contributed by atoms with Crippen molar-refractivity contribution in [3.8, 4) is 0 Å². The van der Waals surface area contributed by atoms with E-state index >= 15 is 0 Å². The van der Waals surface area contributed by atoms with Gasteiger partial charge in [-0.25, -0.2) is 9.18 Å². The molecule has 3 aromatic rings. The Bertz CT molecular complexity index is 1000. The van der Waals surface area contributed by atoms with E-state index in [1.807, 2.05) is 11.1 Å². The Morgan fingerprint density at radius 3 is 2.86 bits per heavy atom. The third kappa shape index (κ3) is 3.34. The van der Waals surface area contributed by atoms with E-state index in [2.05, 4.69) is 20.4 Å².